The first-order valence-electron chi connectivity index (χ1n) is 10.6. The first-order chi connectivity index (χ1) is 15.8. The third-order valence-electron chi connectivity index (χ3n) is 5.81. The van der Waals surface area contributed by atoms with Crippen molar-refractivity contribution in [2.24, 2.45) is 0 Å². The van der Waals surface area contributed by atoms with Crippen LogP contribution in [0.4, 0.5) is 11.5 Å². The average molecular weight is 504 g/mol. The fourth-order valence-corrected chi connectivity index (χ4v) is 6.18. The van der Waals surface area contributed by atoms with Gasteiger partial charge >= 0.3 is 0 Å². The Bertz CT molecular complexity index is 1290. The smallest absolute Gasteiger partial charge is 0.268 e. The number of carbonyl (C=O) groups excluding carboxylic acids is 1. The summed E-state index contributed by atoms with van der Waals surface area (Å²) in [5.74, 6) is 0.725. The lowest BCUT2D eigenvalue weighted by Gasteiger charge is -2.27. The van der Waals surface area contributed by atoms with Crippen LogP contribution in [0.2, 0.25) is 5.02 Å². The quantitative estimate of drug-likeness (QED) is 0.485. The Kier molecular flexibility index (Phi) is 5.90. The highest BCUT2D eigenvalue weighted by Crippen LogP contribution is 2.36. The topological polar surface area (TPSA) is 79.8 Å². The molecule has 10 heteroatoms. The number of benzene rings is 1. The van der Waals surface area contributed by atoms with Gasteiger partial charge in [-0.3, -0.25) is 8.98 Å². The normalized spacial score (nSPS) is 18.6. The summed E-state index contributed by atoms with van der Waals surface area (Å²) in [4.78, 5) is 23.3. The lowest BCUT2D eigenvalue weighted by molar-refractivity contribution is 0.0985. The second kappa shape index (κ2) is 8.72. The molecule has 3 aromatic rings. The van der Waals surface area contributed by atoms with Gasteiger partial charge in [-0.2, -0.15) is 8.42 Å². The van der Waals surface area contributed by atoms with Crippen molar-refractivity contribution in [3.63, 3.8) is 0 Å². The van der Waals surface area contributed by atoms with Crippen LogP contribution in [0.1, 0.15) is 21.7 Å². The maximum absolute atomic E-state index is 13.2. The molecule has 0 spiro atoms. The van der Waals surface area contributed by atoms with Gasteiger partial charge in [0.15, 0.2) is 0 Å². The minimum atomic E-state index is -3.48. The summed E-state index contributed by atoms with van der Waals surface area (Å²) < 4.78 is 27.8. The number of aromatic nitrogens is 1. The van der Waals surface area contributed by atoms with E-state index in [1.54, 1.807) is 11.1 Å². The molecule has 1 fully saturated rings. The van der Waals surface area contributed by atoms with Gasteiger partial charge in [-0.05, 0) is 54.3 Å². The zero-order valence-electron chi connectivity index (χ0n) is 17.9. The Hall–Kier alpha value is -2.46. The van der Waals surface area contributed by atoms with Gasteiger partial charge in [-0.15, -0.1) is 11.3 Å². The van der Waals surface area contributed by atoms with Crippen LogP contribution in [-0.2, 0) is 20.7 Å². The van der Waals surface area contributed by atoms with Crippen molar-refractivity contribution in [1.29, 1.82) is 0 Å². The van der Waals surface area contributed by atoms with Crippen molar-refractivity contribution >= 4 is 50.5 Å². The van der Waals surface area contributed by atoms with E-state index in [0.29, 0.717) is 31.1 Å². The molecule has 1 atom stereocenters. The van der Waals surface area contributed by atoms with Crippen LogP contribution in [0, 0.1) is 0 Å². The highest BCUT2D eigenvalue weighted by Gasteiger charge is 2.30. The van der Waals surface area contributed by atoms with Crippen molar-refractivity contribution in [1.82, 2.24) is 4.98 Å². The Morgan fingerprint density at radius 3 is 2.64 bits per heavy atom. The number of rotatable bonds is 5. The van der Waals surface area contributed by atoms with Crippen molar-refractivity contribution in [3.05, 3.63) is 64.1 Å². The van der Waals surface area contributed by atoms with Crippen LogP contribution >= 0.6 is 22.9 Å². The number of carbonyl (C=O) groups is 1. The number of hydrogen-bond donors (Lipinski definition) is 0. The van der Waals surface area contributed by atoms with Crippen LogP contribution in [0.25, 0.3) is 10.4 Å². The van der Waals surface area contributed by atoms with Gasteiger partial charge in [-0.1, -0.05) is 23.7 Å². The van der Waals surface area contributed by atoms with Crippen molar-refractivity contribution < 1.29 is 17.4 Å². The van der Waals surface area contributed by atoms with E-state index < -0.39 is 10.1 Å². The number of hydrogen-bond acceptors (Lipinski definition) is 7. The van der Waals surface area contributed by atoms with E-state index in [0.717, 1.165) is 45.1 Å². The van der Waals surface area contributed by atoms with Gasteiger partial charge in [-0.25, -0.2) is 4.98 Å². The summed E-state index contributed by atoms with van der Waals surface area (Å²) in [6.45, 7) is 1.73. The molecule has 1 unspecified atom stereocenters. The van der Waals surface area contributed by atoms with Crippen LogP contribution in [0.3, 0.4) is 0 Å². The molecule has 7 nitrogen and oxygen atoms in total. The first-order valence-corrected chi connectivity index (χ1v) is 13.6. The van der Waals surface area contributed by atoms with E-state index in [1.165, 1.54) is 11.3 Å². The minimum Gasteiger partial charge on any atom is -0.354 e. The predicted molar refractivity (Wildman–Crippen MR) is 131 cm³/mol. The Balaban J connectivity index is 1.30. The largest absolute Gasteiger partial charge is 0.354 e. The molecule has 1 saturated heterocycles. The molecule has 33 heavy (non-hydrogen) atoms. The average Bonchev–Trinajstić information content (AvgIpc) is 3.41. The van der Waals surface area contributed by atoms with E-state index in [2.05, 4.69) is 11.1 Å². The van der Waals surface area contributed by atoms with E-state index in [4.69, 9.17) is 15.8 Å². The summed E-state index contributed by atoms with van der Waals surface area (Å²) in [5, 5.41) is 0.686. The monoisotopic (exact) mass is 503 g/mol. The van der Waals surface area contributed by atoms with Crippen molar-refractivity contribution in [2.75, 3.05) is 35.7 Å². The molecule has 1 aromatic carbocycles. The molecule has 5 rings (SSSR count). The molecule has 0 saturated carbocycles. The molecule has 0 aliphatic carbocycles. The molecule has 2 aliphatic rings. The molecule has 1 amide bonds. The van der Waals surface area contributed by atoms with Gasteiger partial charge in [0.1, 0.15) is 5.82 Å². The molecule has 4 heterocycles. The van der Waals surface area contributed by atoms with Gasteiger partial charge in [0.25, 0.3) is 16.0 Å². The Morgan fingerprint density at radius 1 is 1.15 bits per heavy atom. The molecular formula is C23H22ClN3O4S2. The number of anilines is 2. The SMILES string of the molecule is CS(=O)(=O)OC1CCN(c2ccc(N3CCc4cc(-c5ccc(Cl)cc5)sc4C3=O)cn2)C1. The lowest BCUT2D eigenvalue weighted by atomic mass is 10.1. The maximum Gasteiger partial charge on any atom is 0.268 e. The summed E-state index contributed by atoms with van der Waals surface area (Å²) in [6, 6.07) is 13.5. The first kappa shape index (κ1) is 22.3. The van der Waals surface area contributed by atoms with Gasteiger partial charge < -0.3 is 9.80 Å². The highest BCUT2D eigenvalue weighted by molar-refractivity contribution is 7.86. The molecule has 0 N–H and O–H groups in total. The van der Waals surface area contributed by atoms with Gasteiger partial charge in [0, 0.05) is 29.5 Å². The van der Waals surface area contributed by atoms with E-state index in [9.17, 15) is 13.2 Å². The van der Waals surface area contributed by atoms with Crippen LogP contribution in [0.15, 0.2) is 48.7 Å². The second-order valence-corrected chi connectivity index (χ2v) is 11.3. The zero-order valence-corrected chi connectivity index (χ0v) is 20.3. The van der Waals surface area contributed by atoms with Crippen LogP contribution in [-0.4, -0.2) is 51.3 Å². The third-order valence-corrected chi connectivity index (χ3v) is 7.89. The molecule has 2 aromatic heterocycles. The number of thiophene rings is 1. The highest BCUT2D eigenvalue weighted by atomic mass is 35.5. The standard InChI is InChI=1S/C23H22ClN3O4S2/c1-33(29,30)31-19-9-10-26(14-19)21-7-6-18(13-25-21)27-11-8-16-12-20(32-22(16)23(27)28)15-2-4-17(24)5-3-15/h2-7,12-13,19H,8-11,14H2,1H3. The van der Waals surface area contributed by atoms with Crippen molar-refractivity contribution in [2.45, 2.75) is 18.9 Å². The summed E-state index contributed by atoms with van der Waals surface area (Å²) in [5.41, 5.74) is 2.87. The predicted octanol–water partition coefficient (Wildman–Crippen LogP) is 4.22. The molecular weight excluding hydrogens is 482 g/mol. The number of nitrogens with zero attached hydrogens (tertiary/aromatic N) is 3. The fourth-order valence-electron chi connectivity index (χ4n) is 4.24. The van der Waals surface area contributed by atoms with Crippen LogP contribution in [0.5, 0.6) is 0 Å². The van der Waals surface area contributed by atoms with Gasteiger partial charge in [0.2, 0.25) is 0 Å². The zero-order chi connectivity index (χ0) is 23.2. The third kappa shape index (κ3) is 4.77. The fraction of sp³-hybridized carbons (Fsp3) is 0.304. The summed E-state index contributed by atoms with van der Waals surface area (Å²) >= 11 is 7.50. The van der Waals surface area contributed by atoms with Crippen molar-refractivity contribution in [3.8, 4) is 10.4 Å². The second-order valence-electron chi connectivity index (χ2n) is 8.21. The van der Waals surface area contributed by atoms with Gasteiger partial charge in [0.05, 0.1) is 29.1 Å². The number of pyridine rings is 1. The summed E-state index contributed by atoms with van der Waals surface area (Å²) in [6.07, 6.45) is 3.81. The summed E-state index contributed by atoms with van der Waals surface area (Å²) in [7, 11) is -3.48. The Labute approximate surface area is 201 Å². The van der Waals surface area contributed by atoms with E-state index in [-0.39, 0.29) is 12.0 Å². The maximum atomic E-state index is 13.2. The van der Waals surface area contributed by atoms with E-state index in [1.807, 2.05) is 41.3 Å². The number of halogens is 1. The molecule has 0 bridgehead atoms. The molecule has 0 radical (unpaired) electrons. The molecule has 2 aliphatic heterocycles. The minimum absolute atomic E-state index is 0.0150. The number of fused-ring (bicyclic) bond motifs is 1. The molecule has 172 valence electrons. The lowest BCUT2D eigenvalue weighted by Crippen LogP contribution is -2.36. The Morgan fingerprint density at radius 2 is 1.94 bits per heavy atom. The van der Waals surface area contributed by atoms with E-state index >= 15 is 0 Å². The van der Waals surface area contributed by atoms with Crippen LogP contribution < -0.4 is 9.80 Å². The number of amides is 1.